The van der Waals surface area contributed by atoms with Gasteiger partial charge in [0.2, 0.25) is 0 Å². The van der Waals surface area contributed by atoms with Crippen molar-refractivity contribution in [2.24, 2.45) is 0 Å². The van der Waals surface area contributed by atoms with Crippen molar-refractivity contribution in [2.75, 3.05) is 6.61 Å². The van der Waals surface area contributed by atoms with Gasteiger partial charge in [0.25, 0.3) is 5.56 Å². The van der Waals surface area contributed by atoms with Crippen molar-refractivity contribution in [1.82, 2.24) is 9.55 Å². The third-order valence-corrected chi connectivity index (χ3v) is 2.74. The highest BCUT2D eigenvalue weighted by Crippen LogP contribution is 2.28. The van der Waals surface area contributed by atoms with E-state index in [1.54, 1.807) is 0 Å². The third kappa shape index (κ3) is 1.93. The van der Waals surface area contributed by atoms with Crippen LogP contribution in [-0.2, 0) is 4.74 Å². The number of H-pyrrole nitrogens is 1. The second kappa shape index (κ2) is 4.53. The van der Waals surface area contributed by atoms with Gasteiger partial charge in [-0.2, -0.15) is 0 Å². The summed E-state index contributed by atoms with van der Waals surface area (Å²) in [5, 5.41) is 37.3. The van der Waals surface area contributed by atoms with Crippen molar-refractivity contribution >= 4 is 0 Å². The molecule has 18 heavy (non-hydrogen) atoms. The number of aromatic amines is 1. The normalized spacial score (nSPS) is 31.7. The van der Waals surface area contributed by atoms with E-state index in [0.717, 1.165) is 10.8 Å². The first-order chi connectivity index (χ1) is 8.45. The molecule has 2 heterocycles. The summed E-state index contributed by atoms with van der Waals surface area (Å²) >= 11 is 0. The lowest BCUT2D eigenvalue weighted by molar-refractivity contribution is -0.0552. The number of nitrogens with zero attached hydrogens (tertiary/aromatic N) is 1. The molecule has 0 spiro atoms. The summed E-state index contributed by atoms with van der Waals surface area (Å²) in [5.41, 5.74) is -1.88. The average molecular weight is 260 g/mol. The molecule has 2 rings (SSSR count). The maximum atomic E-state index is 11.5. The SMILES string of the molecule is O=c1[nH]c(=O)n([C@@H]2O[C@H](CO)[C@H](O)[C@H]2O)cc1O. The molecule has 0 aromatic carbocycles. The van der Waals surface area contributed by atoms with E-state index in [0.29, 0.717) is 0 Å². The van der Waals surface area contributed by atoms with Gasteiger partial charge in [-0.3, -0.25) is 14.3 Å². The predicted octanol–water partition coefficient (Wildman–Crippen LogP) is -3.15. The quantitative estimate of drug-likeness (QED) is 0.377. The molecule has 1 aromatic heterocycles. The zero-order valence-corrected chi connectivity index (χ0v) is 9.05. The number of hydrogen-bond acceptors (Lipinski definition) is 7. The molecule has 0 unspecified atom stereocenters. The summed E-state index contributed by atoms with van der Waals surface area (Å²) in [6.45, 7) is -0.543. The summed E-state index contributed by atoms with van der Waals surface area (Å²) in [6, 6.07) is 0. The van der Waals surface area contributed by atoms with Crippen molar-refractivity contribution < 1.29 is 25.2 Å². The van der Waals surface area contributed by atoms with Gasteiger partial charge in [-0.05, 0) is 0 Å². The van der Waals surface area contributed by atoms with E-state index in [9.17, 15) is 24.9 Å². The van der Waals surface area contributed by atoms with Crippen molar-refractivity contribution in [2.45, 2.75) is 24.5 Å². The summed E-state index contributed by atoms with van der Waals surface area (Å²) < 4.78 is 5.81. The molecule has 0 aliphatic carbocycles. The Kier molecular flexibility index (Phi) is 3.22. The Morgan fingerprint density at radius 1 is 1.33 bits per heavy atom. The topological polar surface area (TPSA) is 145 Å². The van der Waals surface area contributed by atoms with Gasteiger partial charge >= 0.3 is 5.69 Å². The lowest BCUT2D eigenvalue weighted by Gasteiger charge is -2.16. The highest BCUT2D eigenvalue weighted by Gasteiger charge is 2.43. The standard InChI is InChI=1S/C9H12N2O7/c12-2-4-5(14)6(15)8(18-4)11-1-3(13)7(16)10-9(11)17/h1,4-6,8,12-15H,2H2,(H,10,16,17)/t4-,5+,6-,8-/m1/s1. The molecule has 4 atom stereocenters. The number of rotatable bonds is 2. The van der Waals surface area contributed by atoms with E-state index in [1.165, 1.54) is 0 Å². The van der Waals surface area contributed by atoms with Crippen LogP contribution in [-0.4, -0.2) is 54.9 Å². The van der Waals surface area contributed by atoms with Crippen LogP contribution >= 0.6 is 0 Å². The molecule has 1 aromatic rings. The predicted molar refractivity (Wildman–Crippen MR) is 56.0 cm³/mol. The molecule has 0 bridgehead atoms. The average Bonchev–Trinajstić information content (AvgIpc) is 2.61. The summed E-state index contributed by atoms with van der Waals surface area (Å²) in [5.74, 6) is -0.729. The molecule has 1 saturated heterocycles. The fourth-order valence-corrected chi connectivity index (χ4v) is 1.77. The van der Waals surface area contributed by atoms with Crippen LogP contribution in [0.5, 0.6) is 5.75 Å². The number of nitrogens with one attached hydrogen (secondary N) is 1. The highest BCUT2D eigenvalue weighted by atomic mass is 16.6. The minimum absolute atomic E-state index is 0.543. The number of aromatic nitrogens is 2. The maximum Gasteiger partial charge on any atom is 0.330 e. The number of aromatic hydroxyl groups is 1. The highest BCUT2D eigenvalue weighted by molar-refractivity contribution is 5.10. The minimum Gasteiger partial charge on any atom is -0.502 e. The Morgan fingerprint density at radius 2 is 2.00 bits per heavy atom. The molecule has 9 nitrogen and oxygen atoms in total. The van der Waals surface area contributed by atoms with Crippen LogP contribution in [0.3, 0.4) is 0 Å². The van der Waals surface area contributed by atoms with Crippen molar-refractivity contribution in [3.05, 3.63) is 27.0 Å². The second-order valence-corrected chi connectivity index (χ2v) is 3.91. The van der Waals surface area contributed by atoms with E-state index >= 15 is 0 Å². The fourth-order valence-electron chi connectivity index (χ4n) is 1.77. The van der Waals surface area contributed by atoms with Crippen LogP contribution < -0.4 is 11.2 Å². The van der Waals surface area contributed by atoms with Crippen LogP contribution in [0.15, 0.2) is 15.8 Å². The number of ether oxygens (including phenoxy) is 1. The van der Waals surface area contributed by atoms with Crippen molar-refractivity contribution in [1.29, 1.82) is 0 Å². The molecule has 0 saturated carbocycles. The molecule has 1 aliphatic rings. The zero-order valence-electron chi connectivity index (χ0n) is 9.05. The molecule has 9 heteroatoms. The van der Waals surface area contributed by atoms with Gasteiger partial charge in [-0.25, -0.2) is 4.79 Å². The molecule has 1 fully saturated rings. The van der Waals surface area contributed by atoms with Gasteiger partial charge < -0.3 is 25.2 Å². The maximum absolute atomic E-state index is 11.5. The largest absolute Gasteiger partial charge is 0.502 e. The van der Waals surface area contributed by atoms with Crippen LogP contribution in [0.1, 0.15) is 6.23 Å². The molecule has 100 valence electrons. The minimum atomic E-state index is -1.47. The first-order valence-corrected chi connectivity index (χ1v) is 5.12. The van der Waals surface area contributed by atoms with Gasteiger partial charge in [-0.15, -0.1) is 0 Å². The fraction of sp³-hybridized carbons (Fsp3) is 0.556. The first kappa shape index (κ1) is 12.8. The van der Waals surface area contributed by atoms with Crippen LogP contribution in [0.25, 0.3) is 0 Å². The van der Waals surface area contributed by atoms with E-state index in [-0.39, 0.29) is 0 Å². The van der Waals surface area contributed by atoms with Gasteiger partial charge in [0.05, 0.1) is 12.8 Å². The lowest BCUT2D eigenvalue weighted by Crippen LogP contribution is -2.37. The Labute approximate surface area is 99.5 Å². The van der Waals surface area contributed by atoms with Gasteiger partial charge in [-0.1, -0.05) is 0 Å². The lowest BCUT2D eigenvalue weighted by atomic mass is 10.1. The van der Waals surface area contributed by atoms with E-state index < -0.39 is 48.1 Å². The third-order valence-electron chi connectivity index (χ3n) is 2.74. The van der Waals surface area contributed by atoms with E-state index in [1.807, 2.05) is 4.98 Å². The second-order valence-electron chi connectivity index (χ2n) is 3.91. The number of hydrogen-bond donors (Lipinski definition) is 5. The van der Waals surface area contributed by atoms with Crippen LogP contribution in [0, 0.1) is 0 Å². The van der Waals surface area contributed by atoms with E-state index in [4.69, 9.17) is 9.84 Å². The Morgan fingerprint density at radius 3 is 2.56 bits per heavy atom. The van der Waals surface area contributed by atoms with Crippen molar-refractivity contribution in [3.8, 4) is 5.75 Å². The van der Waals surface area contributed by atoms with Gasteiger partial charge in [0, 0.05) is 0 Å². The summed E-state index contributed by atoms with van der Waals surface area (Å²) in [6.07, 6.45) is -4.40. The van der Waals surface area contributed by atoms with Crippen molar-refractivity contribution in [3.63, 3.8) is 0 Å². The van der Waals surface area contributed by atoms with Gasteiger partial charge in [0.15, 0.2) is 12.0 Å². The monoisotopic (exact) mass is 260 g/mol. The molecule has 0 amide bonds. The molecular formula is C9H12N2O7. The summed E-state index contributed by atoms with van der Waals surface area (Å²) in [7, 11) is 0. The Bertz CT molecular complexity index is 551. The number of aliphatic hydroxyl groups is 3. The molecule has 1 aliphatic heterocycles. The zero-order chi connectivity index (χ0) is 13.4. The molecule has 5 N–H and O–H groups in total. The smallest absolute Gasteiger partial charge is 0.330 e. The van der Waals surface area contributed by atoms with E-state index in [2.05, 4.69) is 0 Å². The van der Waals surface area contributed by atoms with Crippen LogP contribution in [0.4, 0.5) is 0 Å². The Balaban J connectivity index is 2.42. The first-order valence-electron chi connectivity index (χ1n) is 5.12. The molecular weight excluding hydrogens is 248 g/mol. The Hall–Kier alpha value is -1.68. The molecule has 0 radical (unpaired) electrons. The number of aliphatic hydroxyl groups excluding tert-OH is 3. The summed E-state index contributed by atoms with van der Waals surface area (Å²) in [4.78, 5) is 24.3. The van der Waals surface area contributed by atoms with Gasteiger partial charge in [0.1, 0.15) is 18.3 Å². The van der Waals surface area contributed by atoms with Crippen LogP contribution in [0.2, 0.25) is 0 Å².